The van der Waals surface area contributed by atoms with Gasteiger partial charge in [-0.25, -0.2) is 14.4 Å². The van der Waals surface area contributed by atoms with Crippen molar-refractivity contribution in [3.8, 4) is 5.75 Å². The number of esters is 2. The molecule has 1 atom stereocenters. The molecule has 9 heteroatoms. The number of allylic oxidation sites excluding steroid dienone is 1. The number of methoxy groups -OCH3 is 1. The van der Waals surface area contributed by atoms with Gasteiger partial charge in [-0.15, -0.1) is 0 Å². The van der Waals surface area contributed by atoms with Crippen LogP contribution in [0.2, 0.25) is 19.6 Å². The molecule has 8 nitrogen and oxygen atoms in total. The lowest BCUT2D eigenvalue weighted by atomic mass is 10.1. The Labute approximate surface area is 165 Å². The van der Waals surface area contributed by atoms with Gasteiger partial charge in [-0.2, -0.15) is 0 Å². The van der Waals surface area contributed by atoms with Crippen molar-refractivity contribution >= 4 is 26.4 Å². The number of hydrogen-bond donors (Lipinski definition) is 1. The van der Waals surface area contributed by atoms with Crippen molar-refractivity contribution in [1.82, 2.24) is 5.32 Å². The quantitative estimate of drug-likeness (QED) is 0.302. The van der Waals surface area contributed by atoms with Gasteiger partial charge in [-0.05, 0) is 51.2 Å². The maximum absolute atomic E-state index is 12.5. The summed E-state index contributed by atoms with van der Waals surface area (Å²) in [6.45, 7) is 9.44. The molecular weight excluding hydrogens is 382 g/mol. The van der Waals surface area contributed by atoms with Crippen molar-refractivity contribution in [2.24, 2.45) is 0 Å². The molecule has 1 N–H and O–H groups in total. The van der Waals surface area contributed by atoms with Crippen LogP contribution in [0.25, 0.3) is 0 Å². The number of ether oxygens (including phenoxy) is 3. The van der Waals surface area contributed by atoms with E-state index in [0.717, 1.165) is 0 Å². The molecule has 0 aliphatic carbocycles. The topological polar surface area (TPSA) is 100 Å². The van der Waals surface area contributed by atoms with Crippen LogP contribution in [0.4, 0.5) is 4.79 Å². The molecule has 0 aromatic heterocycles. The summed E-state index contributed by atoms with van der Waals surface area (Å²) in [5, 5.41) is 2.86. The lowest BCUT2D eigenvalue weighted by Crippen LogP contribution is -2.31. The smallest absolute Gasteiger partial charge is 0.516 e. The highest BCUT2D eigenvalue weighted by Gasteiger charge is 2.26. The SMILES string of the molecule is CCOC(=O)OC(=O)C(N/C(C)=C/C(=O)OC)c1ccc(O[Si](C)(C)C)cc1. The molecular formula is C19H27NO7Si. The van der Waals surface area contributed by atoms with E-state index < -0.39 is 32.5 Å². The molecule has 28 heavy (non-hydrogen) atoms. The van der Waals surface area contributed by atoms with E-state index in [0.29, 0.717) is 17.0 Å². The van der Waals surface area contributed by atoms with E-state index in [1.807, 2.05) is 0 Å². The van der Waals surface area contributed by atoms with Crippen LogP contribution in [0, 0.1) is 0 Å². The minimum atomic E-state index is -1.77. The summed E-state index contributed by atoms with van der Waals surface area (Å²) < 4.78 is 19.8. The van der Waals surface area contributed by atoms with E-state index in [-0.39, 0.29) is 6.61 Å². The zero-order chi connectivity index (χ0) is 21.3. The predicted octanol–water partition coefficient (Wildman–Crippen LogP) is 3.31. The summed E-state index contributed by atoms with van der Waals surface area (Å²) in [6, 6.07) is 5.81. The zero-order valence-electron chi connectivity index (χ0n) is 17.0. The Hall–Kier alpha value is -2.81. The van der Waals surface area contributed by atoms with Crippen molar-refractivity contribution in [1.29, 1.82) is 0 Å². The Kier molecular flexibility index (Phi) is 8.71. The van der Waals surface area contributed by atoms with Crippen molar-refractivity contribution < 1.29 is 33.0 Å². The largest absolute Gasteiger partial charge is 0.544 e. The Morgan fingerprint density at radius 1 is 1.14 bits per heavy atom. The minimum absolute atomic E-state index is 0.0776. The fourth-order valence-corrected chi connectivity index (χ4v) is 3.00. The minimum Gasteiger partial charge on any atom is -0.544 e. The molecule has 0 bridgehead atoms. The van der Waals surface area contributed by atoms with Gasteiger partial charge < -0.3 is 24.0 Å². The maximum Gasteiger partial charge on any atom is 0.516 e. The van der Waals surface area contributed by atoms with E-state index in [1.165, 1.54) is 13.2 Å². The van der Waals surface area contributed by atoms with Gasteiger partial charge in [0.05, 0.1) is 13.7 Å². The van der Waals surface area contributed by atoms with E-state index in [9.17, 15) is 14.4 Å². The average molecular weight is 410 g/mol. The molecule has 0 heterocycles. The number of rotatable bonds is 8. The van der Waals surface area contributed by atoms with Crippen LogP contribution in [0.1, 0.15) is 25.5 Å². The fourth-order valence-electron chi connectivity index (χ4n) is 2.15. The van der Waals surface area contributed by atoms with Crippen LogP contribution in [0.3, 0.4) is 0 Å². The molecule has 0 amide bonds. The molecule has 0 aliphatic heterocycles. The maximum atomic E-state index is 12.5. The molecule has 0 radical (unpaired) electrons. The first-order chi connectivity index (χ1) is 13.1. The van der Waals surface area contributed by atoms with Gasteiger partial charge in [-0.3, -0.25) is 0 Å². The van der Waals surface area contributed by atoms with E-state index in [2.05, 4.69) is 34.4 Å². The van der Waals surface area contributed by atoms with E-state index in [4.69, 9.17) is 9.16 Å². The average Bonchev–Trinajstić information content (AvgIpc) is 2.59. The summed E-state index contributed by atoms with van der Waals surface area (Å²) >= 11 is 0. The number of nitrogens with one attached hydrogen (secondary N) is 1. The molecule has 154 valence electrons. The molecule has 0 fully saturated rings. The third-order valence-corrected chi connectivity index (χ3v) is 4.07. The molecule has 1 aromatic carbocycles. The number of benzene rings is 1. The molecule has 1 aromatic rings. The van der Waals surface area contributed by atoms with Crippen molar-refractivity contribution in [3.05, 3.63) is 41.6 Å². The Bertz CT molecular complexity index is 723. The Morgan fingerprint density at radius 2 is 1.75 bits per heavy atom. The second kappa shape index (κ2) is 10.5. The molecule has 1 rings (SSSR count). The molecule has 0 saturated carbocycles. The summed E-state index contributed by atoms with van der Waals surface area (Å²) in [7, 11) is -0.527. The van der Waals surface area contributed by atoms with Crippen LogP contribution >= 0.6 is 0 Å². The summed E-state index contributed by atoms with van der Waals surface area (Å²) in [5.74, 6) is -0.765. The highest BCUT2D eigenvalue weighted by molar-refractivity contribution is 6.70. The van der Waals surface area contributed by atoms with Crippen LogP contribution in [0.15, 0.2) is 36.0 Å². The zero-order valence-corrected chi connectivity index (χ0v) is 18.0. The summed E-state index contributed by atoms with van der Waals surface area (Å²) in [6.07, 6.45) is 0.0976. The number of carbonyl (C=O) groups is 3. The van der Waals surface area contributed by atoms with Crippen LogP contribution < -0.4 is 9.74 Å². The van der Waals surface area contributed by atoms with Gasteiger partial charge in [0.2, 0.25) is 8.32 Å². The standard InChI is InChI=1S/C19H27NO7Si/c1-7-25-19(23)26-18(22)17(20-13(2)12-16(21)24-3)14-8-10-15(11-9-14)27-28(4,5)6/h8-12,17,20H,7H2,1-6H3/b13-12+. The van der Waals surface area contributed by atoms with Crippen molar-refractivity contribution in [2.75, 3.05) is 13.7 Å². The first-order valence-electron chi connectivity index (χ1n) is 8.76. The van der Waals surface area contributed by atoms with Crippen molar-refractivity contribution in [3.63, 3.8) is 0 Å². The monoisotopic (exact) mass is 409 g/mol. The third kappa shape index (κ3) is 8.25. The van der Waals surface area contributed by atoms with Gasteiger partial charge in [0, 0.05) is 11.8 Å². The Balaban J connectivity index is 3.08. The van der Waals surface area contributed by atoms with Crippen LogP contribution in [0.5, 0.6) is 5.75 Å². The molecule has 0 aliphatic rings. The van der Waals surface area contributed by atoms with Crippen molar-refractivity contribution in [2.45, 2.75) is 39.5 Å². The highest BCUT2D eigenvalue weighted by Crippen LogP contribution is 2.22. The second-order valence-electron chi connectivity index (χ2n) is 6.82. The highest BCUT2D eigenvalue weighted by atomic mass is 28.4. The van der Waals surface area contributed by atoms with Gasteiger partial charge in [0.25, 0.3) is 0 Å². The summed E-state index contributed by atoms with van der Waals surface area (Å²) in [4.78, 5) is 35.4. The molecule has 1 unspecified atom stereocenters. The number of carbonyl (C=O) groups excluding carboxylic acids is 3. The third-order valence-electron chi connectivity index (χ3n) is 3.23. The predicted molar refractivity (Wildman–Crippen MR) is 105 cm³/mol. The lowest BCUT2D eigenvalue weighted by molar-refractivity contribution is -0.142. The van der Waals surface area contributed by atoms with Gasteiger partial charge >= 0.3 is 18.1 Å². The first-order valence-corrected chi connectivity index (χ1v) is 12.2. The second-order valence-corrected chi connectivity index (χ2v) is 11.2. The van der Waals surface area contributed by atoms with Gasteiger partial charge in [-0.1, -0.05) is 12.1 Å². The number of hydrogen-bond acceptors (Lipinski definition) is 8. The normalized spacial score (nSPS) is 12.6. The molecule has 0 saturated heterocycles. The summed E-state index contributed by atoms with van der Waals surface area (Å²) in [5.41, 5.74) is 0.884. The van der Waals surface area contributed by atoms with E-state index >= 15 is 0 Å². The lowest BCUT2D eigenvalue weighted by Gasteiger charge is -2.21. The van der Waals surface area contributed by atoms with Gasteiger partial charge in [0.15, 0.2) is 6.04 Å². The van der Waals surface area contributed by atoms with Crippen LogP contribution in [-0.4, -0.2) is 40.1 Å². The fraction of sp³-hybridized carbons (Fsp3) is 0.421. The van der Waals surface area contributed by atoms with Crippen LogP contribution in [-0.2, 0) is 23.8 Å². The van der Waals surface area contributed by atoms with Gasteiger partial charge in [0.1, 0.15) is 5.75 Å². The molecule has 0 spiro atoms. The van der Waals surface area contributed by atoms with E-state index in [1.54, 1.807) is 38.1 Å². The first kappa shape index (κ1) is 23.2. The Morgan fingerprint density at radius 3 is 2.25 bits per heavy atom.